The highest BCUT2D eigenvalue weighted by Gasteiger charge is 2.31. The van der Waals surface area contributed by atoms with Crippen LogP contribution in [0.25, 0.3) is 0 Å². The molecule has 0 aliphatic carbocycles. The largest absolute Gasteiger partial charge is 0.401 e. The van der Waals surface area contributed by atoms with E-state index in [4.69, 9.17) is 0 Å². The number of carbonyl (C=O) groups is 1. The van der Waals surface area contributed by atoms with Crippen LogP contribution in [0.2, 0.25) is 0 Å². The van der Waals surface area contributed by atoms with Gasteiger partial charge < -0.3 is 4.90 Å². The first-order valence-corrected chi connectivity index (χ1v) is 4.93. The van der Waals surface area contributed by atoms with E-state index in [1.54, 1.807) is 4.90 Å². The molecule has 0 saturated carbocycles. The number of halogens is 3. The van der Waals surface area contributed by atoms with E-state index in [9.17, 15) is 18.0 Å². The second kappa shape index (κ2) is 4.83. The Labute approximate surface area is 86.8 Å². The fourth-order valence-electron chi connectivity index (χ4n) is 1.70. The number of hydrogen-bond donors (Lipinski definition) is 0. The van der Waals surface area contributed by atoms with E-state index in [0.717, 1.165) is 0 Å². The average Bonchev–Trinajstić information content (AvgIpc) is 2.26. The van der Waals surface area contributed by atoms with Gasteiger partial charge in [0, 0.05) is 33.1 Å². The summed E-state index contributed by atoms with van der Waals surface area (Å²) in [4.78, 5) is 14.0. The van der Waals surface area contributed by atoms with Crippen LogP contribution in [-0.2, 0) is 4.79 Å². The Morgan fingerprint density at radius 1 is 1.20 bits per heavy atom. The molecule has 0 radical (unpaired) electrons. The van der Waals surface area contributed by atoms with Crippen molar-refractivity contribution in [2.24, 2.45) is 0 Å². The minimum Gasteiger partial charge on any atom is -0.342 e. The van der Waals surface area contributed by atoms with Crippen LogP contribution in [0, 0.1) is 0 Å². The normalized spacial score (nSPS) is 20.1. The molecule has 6 heteroatoms. The van der Waals surface area contributed by atoms with Crippen molar-refractivity contribution in [1.29, 1.82) is 0 Å². The van der Waals surface area contributed by atoms with Gasteiger partial charge in [-0.1, -0.05) is 0 Å². The van der Waals surface area contributed by atoms with Crippen LogP contribution in [0.15, 0.2) is 0 Å². The Morgan fingerprint density at radius 3 is 2.40 bits per heavy atom. The molecule has 0 atom stereocenters. The summed E-state index contributed by atoms with van der Waals surface area (Å²) in [5.41, 5.74) is 0. The van der Waals surface area contributed by atoms with Crippen LogP contribution in [-0.4, -0.2) is 54.6 Å². The van der Waals surface area contributed by atoms with Crippen molar-refractivity contribution >= 4 is 5.91 Å². The van der Waals surface area contributed by atoms with Crippen molar-refractivity contribution in [3.05, 3.63) is 0 Å². The molecule has 1 rings (SSSR count). The zero-order chi connectivity index (χ0) is 11.5. The number of hydrogen-bond acceptors (Lipinski definition) is 2. The van der Waals surface area contributed by atoms with Gasteiger partial charge in [0.15, 0.2) is 0 Å². The molecule has 88 valence electrons. The molecule has 1 heterocycles. The zero-order valence-corrected chi connectivity index (χ0v) is 8.68. The maximum atomic E-state index is 12.1. The summed E-state index contributed by atoms with van der Waals surface area (Å²) in [6.07, 6.45) is -3.54. The SMILES string of the molecule is CC(=O)N1CCCN(CC(F)(F)F)CC1. The minimum absolute atomic E-state index is 0.0659. The van der Waals surface area contributed by atoms with E-state index in [0.29, 0.717) is 32.6 Å². The Balaban J connectivity index is 2.42. The Bertz CT molecular complexity index is 230. The molecule has 1 aliphatic heterocycles. The highest BCUT2D eigenvalue weighted by atomic mass is 19.4. The smallest absolute Gasteiger partial charge is 0.342 e. The molecule has 3 nitrogen and oxygen atoms in total. The van der Waals surface area contributed by atoms with Gasteiger partial charge in [0.2, 0.25) is 5.91 Å². The lowest BCUT2D eigenvalue weighted by atomic mass is 10.4. The van der Waals surface area contributed by atoms with E-state index in [1.165, 1.54) is 11.8 Å². The molecule has 1 saturated heterocycles. The van der Waals surface area contributed by atoms with Gasteiger partial charge in [0.1, 0.15) is 0 Å². The van der Waals surface area contributed by atoms with Crippen molar-refractivity contribution < 1.29 is 18.0 Å². The van der Waals surface area contributed by atoms with Gasteiger partial charge in [0.05, 0.1) is 6.54 Å². The third kappa shape index (κ3) is 4.51. The Morgan fingerprint density at radius 2 is 1.87 bits per heavy atom. The van der Waals surface area contributed by atoms with Crippen molar-refractivity contribution in [1.82, 2.24) is 9.80 Å². The van der Waals surface area contributed by atoms with Gasteiger partial charge in [0.25, 0.3) is 0 Å². The molecule has 0 unspecified atom stereocenters. The van der Waals surface area contributed by atoms with E-state index in [1.807, 2.05) is 0 Å². The average molecular weight is 224 g/mol. The Hall–Kier alpha value is -0.780. The summed E-state index contributed by atoms with van der Waals surface area (Å²) in [7, 11) is 0. The first kappa shape index (κ1) is 12.3. The first-order chi connectivity index (χ1) is 6.88. The number of nitrogens with zero attached hydrogens (tertiary/aromatic N) is 2. The zero-order valence-electron chi connectivity index (χ0n) is 8.68. The summed E-state index contributed by atoms with van der Waals surface area (Å²) in [6.45, 7) is 2.23. The maximum absolute atomic E-state index is 12.1. The van der Waals surface area contributed by atoms with Crippen molar-refractivity contribution in [2.75, 3.05) is 32.7 Å². The fraction of sp³-hybridized carbons (Fsp3) is 0.889. The molecule has 0 bridgehead atoms. The summed E-state index contributed by atoms with van der Waals surface area (Å²) in [6, 6.07) is 0. The topological polar surface area (TPSA) is 23.6 Å². The lowest BCUT2D eigenvalue weighted by molar-refractivity contribution is -0.145. The van der Waals surface area contributed by atoms with Gasteiger partial charge >= 0.3 is 6.18 Å². The quantitative estimate of drug-likeness (QED) is 0.666. The second-order valence-electron chi connectivity index (χ2n) is 3.75. The lowest BCUT2D eigenvalue weighted by Crippen LogP contribution is -2.38. The molecular weight excluding hydrogens is 209 g/mol. The van der Waals surface area contributed by atoms with E-state index in [2.05, 4.69) is 0 Å². The van der Waals surface area contributed by atoms with Crippen LogP contribution in [0.4, 0.5) is 13.2 Å². The highest BCUT2D eigenvalue weighted by molar-refractivity contribution is 5.73. The van der Waals surface area contributed by atoms with Crippen LogP contribution in [0.1, 0.15) is 13.3 Å². The van der Waals surface area contributed by atoms with Gasteiger partial charge in [-0.05, 0) is 6.42 Å². The first-order valence-electron chi connectivity index (χ1n) is 4.93. The van der Waals surface area contributed by atoms with E-state index in [-0.39, 0.29) is 5.91 Å². The lowest BCUT2D eigenvalue weighted by Gasteiger charge is -2.21. The molecule has 0 aromatic heterocycles. The number of rotatable bonds is 1. The molecule has 0 aromatic carbocycles. The molecule has 0 N–H and O–H groups in total. The monoisotopic (exact) mass is 224 g/mol. The van der Waals surface area contributed by atoms with Gasteiger partial charge in [-0.2, -0.15) is 13.2 Å². The molecule has 1 fully saturated rings. The number of carbonyl (C=O) groups excluding carboxylic acids is 1. The molecule has 0 aromatic rings. The van der Waals surface area contributed by atoms with Gasteiger partial charge in [-0.3, -0.25) is 9.69 Å². The molecule has 0 spiro atoms. The second-order valence-corrected chi connectivity index (χ2v) is 3.75. The molecule has 1 amide bonds. The summed E-state index contributed by atoms with van der Waals surface area (Å²) >= 11 is 0. The third-order valence-electron chi connectivity index (χ3n) is 2.44. The van der Waals surface area contributed by atoms with Crippen LogP contribution in [0.5, 0.6) is 0 Å². The predicted molar refractivity (Wildman–Crippen MR) is 49.4 cm³/mol. The number of alkyl halides is 3. The molecule has 15 heavy (non-hydrogen) atoms. The van der Waals surface area contributed by atoms with E-state index >= 15 is 0 Å². The van der Waals surface area contributed by atoms with Gasteiger partial charge in [-0.25, -0.2) is 0 Å². The van der Waals surface area contributed by atoms with Crippen molar-refractivity contribution in [2.45, 2.75) is 19.5 Å². The molecule has 1 aliphatic rings. The third-order valence-corrected chi connectivity index (χ3v) is 2.44. The van der Waals surface area contributed by atoms with E-state index < -0.39 is 12.7 Å². The molecular formula is C9H15F3N2O. The highest BCUT2D eigenvalue weighted by Crippen LogP contribution is 2.17. The summed E-state index contributed by atoms with van der Waals surface area (Å²) in [5, 5.41) is 0. The predicted octanol–water partition coefficient (Wildman–Crippen LogP) is 1.10. The standard InChI is InChI=1S/C9H15F3N2O/c1-8(15)14-4-2-3-13(5-6-14)7-9(10,11)12/h2-7H2,1H3. The van der Waals surface area contributed by atoms with Gasteiger partial charge in [-0.15, -0.1) is 0 Å². The van der Waals surface area contributed by atoms with Crippen molar-refractivity contribution in [3.8, 4) is 0 Å². The minimum atomic E-state index is -4.15. The van der Waals surface area contributed by atoms with Crippen LogP contribution < -0.4 is 0 Å². The maximum Gasteiger partial charge on any atom is 0.401 e. The summed E-state index contributed by atoms with van der Waals surface area (Å²) in [5.74, 6) is -0.0659. The van der Waals surface area contributed by atoms with Crippen molar-refractivity contribution in [3.63, 3.8) is 0 Å². The van der Waals surface area contributed by atoms with Crippen LogP contribution in [0.3, 0.4) is 0 Å². The summed E-state index contributed by atoms with van der Waals surface area (Å²) < 4.78 is 36.3. The number of amides is 1. The van der Waals surface area contributed by atoms with Crippen LogP contribution >= 0.6 is 0 Å². The Kier molecular flexibility index (Phi) is 3.96. The fourth-order valence-corrected chi connectivity index (χ4v) is 1.70.